The maximum atomic E-state index is 13.4. The van der Waals surface area contributed by atoms with Crippen LogP contribution in [0.1, 0.15) is 52.4 Å². The summed E-state index contributed by atoms with van der Waals surface area (Å²) in [6.45, 7) is 1.87. The number of ether oxygens (including phenoxy) is 1. The number of likely N-dealkylation sites (tertiary alicyclic amines) is 1. The van der Waals surface area contributed by atoms with Gasteiger partial charge in [-0.2, -0.15) is 0 Å². The third kappa shape index (κ3) is 5.53. The van der Waals surface area contributed by atoms with E-state index in [1.54, 1.807) is 41.3 Å². The molecule has 3 heterocycles. The lowest BCUT2D eigenvalue weighted by Crippen LogP contribution is -2.36. The monoisotopic (exact) mass is 595 g/mol. The number of nitrogens with zero attached hydrogens (tertiary/aromatic N) is 3. The van der Waals surface area contributed by atoms with Crippen molar-refractivity contribution in [3.8, 4) is 0 Å². The minimum atomic E-state index is -1.06. The van der Waals surface area contributed by atoms with Crippen LogP contribution in [-0.2, 0) is 14.3 Å². The average Bonchev–Trinajstić information content (AvgIpc) is 3.57. The van der Waals surface area contributed by atoms with E-state index < -0.39 is 12.0 Å². The lowest BCUT2D eigenvalue weighted by atomic mass is 9.93. The van der Waals surface area contributed by atoms with Crippen molar-refractivity contribution in [3.63, 3.8) is 0 Å². The van der Waals surface area contributed by atoms with Gasteiger partial charge in [0.15, 0.2) is 0 Å². The molecular weight excluding hydrogens is 562 g/mol. The van der Waals surface area contributed by atoms with Gasteiger partial charge in [-0.3, -0.25) is 19.7 Å². The summed E-state index contributed by atoms with van der Waals surface area (Å²) in [5.41, 5.74) is 4.51. The molecule has 2 N–H and O–H groups in total. The van der Waals surface area contributed by atoms with Crippen LogP contribution in [0.25, 0.3) is 11.3 Å². The van der Waals surface area contributed by atoms with Gasteiger partial charge >= 0.3 is 5.97 Å². The van der Waals surface area contributed by atoms with Crippen molar-refractivity contribution in [2.45, 2.75) is 25.3 Å². The molecule has 11 nitrogen and oxygen atoms in total. The zero-order chi connectivity index (χ0) is 31.0. The molecule has 226 valence electrons. The Hall–Kier alpha value is -5.03. The van der Waals surface area contributed by atoms with Gasteiger partial charge in [0.05, 0.1) is 47.4 Å². The largest absolute Gasteiger partial charge is 0.465 e. The quantitative estimate of drug-likeness (QED) is 0.172. The lowest BCUT2D eigenvalue weighted by Gasteiger charge is -2.29. The number of rotatable bonds is 7. The van der Waals surface area contributed by atoms with Gasteiger partial charge in [-0.25, -0.2) is 4.79 Å². The van der Waals surface area contributed by atoms with E-state index in [9.17, 15) is 24.5 Å². The lowest BCUT2D eigenvalue weighted by molar-refractivity contribution is -0.524. The second kappa shape index (κ2) is 11.9. The first kappa shape index (κ1) is 29.1. The molecule has 1 saturated heterocycles. The number of nitrogens with one attached hydrogen (secondary N) is 2. The first-order valence-corrected chi connectivity index (χ1v) is 14.6. The molecule has 0 radical (unpaired) electrons. The normalized spacial score (nSPS) is 19.2. The third-order valence-corrected chi connectivity index (χ3v) is 8.66. The Morgan fingerprint density at radius 2 is 1.80 bits per heavy atom. The SMILES string of the molecule is COC(=O)c1ccc2c(c1)NC(=O)/C2=C(\Nc1ccc2c(c1)C([N+](=O)[O-])CN2C(=O)CC1CCN(C)CC1)c1ccccc1. The molecule has 0 bridgehead atoms. The highest BCUT2D eigenvalue weighted by molar-refractivity contribution is 6.37. The van der Waals surface area contributed by atoms with Crippen LogP contribution >= 0.6 is 0 Å². The van der Waals surface area contributed by atoms with E-state index in [2.05, 4.69) is 22.6 Å². The van der Waals surface area contributed by atoms with Crippen LogP contribution in [0.15, 0.2) is 66.7 Å². The van der Waals surface area contributed by atoms with Crippen LogP contribution in [0.3, 0.4) is 0 Å². The summed E-state index contributed by atoms with van der Waals surface area (Å²) in [7, 11) is 3.36. The molecule has 3 aliphatic rings. The molecule has 3 aromatic rings. The number of nitro groups is 1. The third-order valence-electron chi connectivity index (χ3n) is 8.66. The summed E-state index contributed by atoms with van der Waals surface area (Å²) in [4.78, 5) is 54.4. The molecule has 3 aliphatic heterocycles. The van der Waals surface area contributed by atoms with Crippen molar-refractivity contribution in [2.75, 3.05) is 49.3 Å². The van der Waals surface area contributed by atoms with Crippen LogP contribution in [0, 0.1) is 16.0 Å². The van der Waals surface area contributed by atoms with Crippen molar-refractivity contribution < 1.29 is 24.0 Å². The number of hydrogen-bond donors (Lipinski definition) is 2. The maximum absolute atomic E-state index is 13.4. The van der Waals surface area contributed by atoms with E-state index in [1.165, 1.54) is 7.11 Å². The van der Waals surface area contributed by atoms with Crippen LogP contribution in [0.5, 0.6) is 0 Å². The molecule has 2 amide bonds. The fourth-order valence-electron chi connectivity index (χ4n) is 6.25. The van der Waals surface area contributed by atoms with Gasteiger partial charge in [-0.1, -0.05) is 36.4 Å². The second-order valence-corrected chi connectivity index (χ2v) is 11.5. The van der Waals surface area contributed by atoms with Gasteiger partial charge in [0.1, 0.15) is 0 Å². The number of amides is 2. The highest BCUT2D eigenvalue weighted by Gasteiger charge is 2.40. The van der Waals surface area contributed by atoms with Gasteiger partial charge < -0.3 is 25.2 Å². The summed E-state index contributed by atoms with van der Waals surface area (Å²) >= 11 is 0. The van der Waals surface area contributed by atoms with Gasteiger partial charge in [-0.15, -0.1) is 0 Å². The molecule has 6 rings (SSSR count). The van der Waals surface area contributed by atoms with Crippen LogP contribution in [0.2, 0.25) is 0 Å². The molecule has 0 aliphatic carbocycles. The zero-order valence-electron chi connectivity index (χ0n) is 24.5. The molecule has 3 aromatic carbocycles. The van der Waals surface area contributed by atoms with Crippen molar-refractivity contribution in [1.29, 1.82) is 0 Å². The second-order valence-electron chi connectivity index (χ2n) is 11.5. The fourth-order valence-corrected chi connectivity index (χ4v) is 6.25. The predicted molar refractivity (Wildman–Crippen MR) is 167 cm³/mol. The number of benzene rings is 3. The molecular formula is C33H33N5O6. The molecule has 1 atom stereocenters. The number of hydrogen-bond acceptors (Lipinski definition) is 8. The summed E-state index contributed by atoms with van der Waals surface area (Å²) in [6.07, 6.45) is 2.23. The van der Waals surface area contributed by atoms with E-state index in [1.807, 2.05) is 30.3 Å². The Labute approximate surface area is 254 Å². The van der Waals surface area contributed by atoms with Crippen LogP contribution < -0.4 is 15.5 Å². The predicted octanol–water partition coefficient (Wildman–Crippen LogP) is 4.80. The fraction of sp³-hybridized carbons (Fsp3) is 0.303. The minimum absolute atomic E-state index is 0.0117. The number of piperidine rings is 1. The van der Waals surface area contributed by atoms with Crippen LogP contribution in [0.4, 0.5) is 17.1 Å². The van der Waals surface area contributed by atoms with E-state index >= 15 is 0 Å². The van der Waals surface area contributed by atoms with Crippen molar-refractivity contribution >= 4 is 46.1 Å². The molecule has 0 spiro atoms. The minimum Gasteiger partial charge on any atom is -0.465 e. The first-order chi connectivity index (χ1) is 21.2. The summed E-state index contributed by atoms with van der Waals surface area (Å²) in [6, 6.07) is 18.3. The molecule has 11 heteroatoms. The van der Waals surface area contributed by atoms with E-state index in [4.69, 9.17) is 4.74 Å². The Balaban J connectivity index is 1.35. The van der Waals surface area contributed by atoms with Crippen molar-refractivity contribution in [3.05, 3.63) is 99.1 Å². The molecule has 0 saturated carbocycles. The molecule has 0 aromatic heterocycles. The number of esters is 1. The van der Waals surface area contributed by atoms with Gasteiger partial charge in [-0.05, 0) is 74.8 Å². The number of fused-ring (bicyclic) bond motifs is 2. The first-order valence-electron chi connectivity index (χ1n) is 14.6. The zero-order valence-corrected chi connectivity index (χ0v) is 24.5. The summed E-state index contributed by atoms with van der Waals surface area (Å²) in [5.74, 6) is -0.702. The van der Waals surface area contributed by atoms with Crippen molar-refractivity contribution in [1.82, 2.24) is 4.90 Å². The Bertz CT molecular complexity index is 1680. The Morgan fingerprint density at radius 1 is 1.05 bits per heavy atom. The molecule has 1 unspecified atom stereocenters. The van der Waals surface area contributed by atoms with E-state index in [0.717, 1.165) is 31.5 Å². The maximum Gasteiger partial charge on any atom is 0.337 e. The number of carbonyl (C=O) groups is 3. The Kier molecular flexibility index (Phi) is 7.88. The number of anilines is 3. The van der Waals surface area contributed by atoms with Crippen LogP contribution in [-0.4, -0.2) is 61.4 Å². The smallest absolute Gasteiger partial charge is 0.337 e. The summed E-state index contributed by atoms with van der Waals surface area (Å²) < 4.78 is 4.82. The highest BCUT2D eigenvalue weighted by Crippen LogP contribution is 2.42. The topological polar surface area (TPSA) is 134 Å². The number of carbonyl (C=O) groups excluding carboxylic acids is 3. The standard InChI is InChI=1S/C33H33N5O6/c1-36-14-12-20(13-15-36)16-29(39)37-19-28(38(42)43)25-18-23(9-11-27(25)37)34-31(21-6-4-3-5-7-21)30-24-10-8-22(33(41)44-2)17-26(24)35-32(30)40/h3-11,17-18,20,28,34H,12-16,19H2,1-2H3,(H,35,40)/b31-30-. The molecule has 1 fully saturated rings. The molecule has 44 heavy (non-hydrogen) atoms. The van der Waals surface area contributed by atoms with Gasteiger partial charge in [0.2, 0.25) is 5.91 Å². The van der Waals surface area contributed by atoms with E-state index in [-0.39, 0.29) is 29.2 Å². The van der Waals surface area contributed by atoms with Gasteiger partial charge in [0.25, 0.3) is 11.9 Å². The summed E-state index contributed by atoms with van der Waals surface area (Å²) in [5, 5.41) is 18.3. The average molecular weight is 596 g/mol. The van der Waals surface area contributed by atoms with Gasteiger partial charge in [0, 0.05) is 22.6 Å². The highest BCUT2D eigenvalue weighted by atomic mass is 16.6. The van der Waals surface area contributed by atoms with E-state index in [0.29, 0.717) is 51.4 Å². The van der Waals surface area contributed by atoms with Crippen molar-refractivity contribution in [2.24, 2.45) is 5.92 Å². The number of methoxy groups -OCH3 is 1. The Morgan fingerprint density at radius 3 is 2.50 bits per heavy atom.